The molecule has 4 aliphatic rings. The van der Waals surface area contributed by atoms with Crippen molar-refractivity contribution >= 4 is 17.7 Å². The van der Waals surface area contributed by atoms with Crippen molar-refractivity contribution < 1.29 is 32.3 Å². The maximum absolute atomic E-state index is 13.0. The van der Waals surface area contributed by atoms with Crippen LogP contribution in [0.25, 0.3) is 0 Å². The van der Waals surface area contributed by atoms with Crippen LogP contribution in [0.3, 0.4) is 0 Å². The van der Waals surface area contributed by atoms with E-state index in [1.165, 1.54) is 0 Å². The third-order valence-electron chi connectivity index (χ3n) is 8.42. The molecular weight excluding hydrogens is 487 g/mol. The van der Waals surface area contributed by atoms with E-state index >= 15 is 0 Å². The first kappa shape index (κ1) is 26.2. The molecule has 1 saturated heterocycles. The molecule has 0 aromatic heterocycles. The van der Waals surface area contributed by atoms with Crippen LogP contribution in [0.15, 0.2) is 18.2 Å². The second-order valence-corrected chi connectivity index (χ2v) is 11.0. The summed E-state index contributed by atoms with van der Waals surface area (Å²) >= 11 is 0. The molecule has 0 bridgehead atoms. The Balaban J connectivity index is 1.19. The molecule has 0 spiro atoms. The number of amides is 3. The summed E-state index contributed by atoms with van der Waals surface area (Å²) in [5.41, 5.74) is 2.68. The molecule has 3 atom stereocenters. The highest BCUT2D eigenvalue weighted by molar-refractivity contribution is 6.05. The number of nitrogens with zero attached hydrogens (tertiary/aromatic N) is 1. The van der Waals surface area contributed by atoms with Gasteiger partial charge in [-0.25, -0.2) is 0 Å². The minimum Gasteiger partial charge on any atom is -0.322 e. The Morgan fingerprint density at radius 1 is 1.00 bits per heavy atom. The van der Waals surface area contributed by atoms with Crippen LogP contribution in [0.2, 0.25) is 0 Å². The van der Waals surface area contributed by atoms with Gasteiger partial charge in [-0.1, -0.05) is 25.0 Å². The van der Waals surface area contributed by atoms with Crippen molar-refractivity contribution in [3.05, 3.63) is 34.9 Å². The number of rotatable bonds is 6. The quantitative estimate of drug-likeness (QED) is 0.553. The number of ether oxygens (including phenoxy) is 1. The van der Waals surface area contributed by atoms with Gasteiger partial charge in [-0.05, 0) is 74.5 Å². The fourth-order valence-electron chi connectivity index (χ4n) is 6.57. The predicted octanol–water partition coefficient (Wildman–Crippen LogP) is 3.99. The van der Waals surface area contributed by atoms with Gasteiger partial charge >= 0.3 is 6.36 Å². The highest BCUT2D eigenvalue weighted by atomic mass is 19.4. The molecule has 202 valence electrons. The van der Waals surface area contributed by atoms with Gasteiger partial charge < -0.3 is 10.2 Å². The minimum atomic E-state index is -4.57. The molecule has 2 aliphatic heterocycles. The Labute approximate surface area is 214 Å². The average Bonchev–Trinajstić information content (AvgIpc) is 3.16. The van der Waals surface area contributed by atoms with Crippen molar-refractivity contribution in [1.82, 2.24) is 15.5 Å². The maximum atomic E-state index is 13.0. The number of imide groups is 1. The predicted molar refractivity (Wildman–Crippen MR) is 128 cm³/mol. The van der Waals surface area contributed by atoms with Gasteiger partial charge in [0, 0.05) is 30.6 Å². The van der Waals surface area contributed by atoms with E-state index in [9.17, 15) is 27.6 Å². The minimum absolute atomic E-state index is 0.168. The molecule has 2 heterocycles. The lowest BCUT2D eigenvalue weighted by Crippen LogP contribution is -2.52. The number of halogens is 3. The van der Waals surface area contributed by atoms with Gasteiger partial charge in [0.1, 0.15) is 6.04 Å². The third kappa shape index (κ3) is 6.17. The monoisotopic (exact) mass is 521 g/mol. The van der Waals surface area contributed by atoms with E-state index in [0.29, 0.717) is 56.2 Å². The molecule has 7 nitrogen and oxygen atoms in total. The van der Waals surface area contributed by atoms with Crippen LogP contribution in [-0.2, 0) is 27.3 Å². The van der Waals surface area contributed by atoms with Crippen molar-refractivity contribution in [2.24, 2.45) is 5.92 Å². The lowest BCUT2D eigenvalue weighted by Gasteiger charge is -2.38. The van der Waals surface area contributed by atoms with Gasteiger partial charge in [-0.3, -0.25) is 24.4 Å². The number of carbonyl (C=O) groups excluding carboxylic acids is 3. The number of alkyl halides is 3. The summed E-state index contributed by atoms with van der Waals surface area (Å²) < 4.78 is 41.8. The van der Waals surface area contributed by atoms with Crippen molar-refractivity contribution in [2.75, 3.05) is 0 Å². The van der Waals surface area contributed by atoms with Crippen molar-refractivity contribution in [2.45, 2.75) is 108 Å². The Morgan fingerprint density at radius 3 is 2.49 bits per heavy atom. The number of carbonyl (C=O) groups is 3. The molecule has 37 heavy (non-hydrogen) atoms. The average molecular weight is 522 g/mol. The fraction of sp³-hybridized carbons (Fsp3) is 0.667. The second kappa shape index (κ2) is 10.7. The van der Waals surface area contributed by atoms with Gasteiger partial charge in [0.15, 0.2) is 0 Å². The van der Waals surface area contributed by atoms with Crippen LogP contribution in [-0.4, -0.2) is 53.2 Å². The summed E-state index contributed by atoms with van der Waals surface area (Å²) in [5, 5.41) is 6.09. The molecular formula is C27H34F3N3O4. The van der Waals surface area contributed by atoms with Crippen LogP contribution in [0.5, 0.6) is 0 Å². The van der Waals surface area contributed by atoms with Gasteiger partial charge in [0.25, 0.3) is 5.91 Å². The molecule has 2 aliphatic carbocycles. The van der Waals surface area contributed by atoms with E-state index in [2.05, 4.69) is 21.4 Å². The van der Waals surface area contributed by atoms with E-state index in [1.807, 2.05) is 12.1 Å². The summed E-state index contributed by atoms with van der Waals surface area (Å²) in [6, 6.07) is 5.82. The molecule has 3 amide bonds. The molecule has 5 rings (SSSR count). The zero-order valence-corrected chi connectivity index (χ0v) is 20.8. The van der Waals surface area contributed by atoms with E-state index in [1.54, 1.807) is 4.90 Å². The van der Waals surface area contributed by atoms with E-state index in [-0.39, 0.29) is 24.3 Å². The van der Waals surface area contributed by atoms with E-state index in [0.717, 1.165) is 43.2 Å². The van der Waals surface area contributed by atoms with Crippen molar-refractivity contribution in [1.29, 1.82) is 0 Å². The highest BCUT2D eigenvalue weighted by Gasteiger charge is 2.40. The van der Waals surface area contributed by atoms with Crippen LogP contribution >= 0.6 is 0 Å². The molecule has 0 radical (unpaired) electrons. The molecule has 10 heteroatoms. The number of hydrogen-bond donors (Lipinski definition) is 2. The van der Waals surface area contributed by atoms with Gasteiger partial charge in [0.05, 0.1) is 6.10 Å². The molecule has 3 fully saturated rings. The highest BCUT2D eigenvalue weighted by Crippen LogP contribution is 2.33. The van der Waals surface area contributed by atoms with Gasteiger partial charge in [-0.15, -0.1) is 13.2 Å². The first-order valence-corrected chi connectivity index (χ1v) is 13.4. The Morgan fingerprint density at radius 2 is 1.76 bits per heavy atom. The lowest BCUT2D eigenvalue weighted by molar-refractivity contribution is -0.345. The zero-order chi connectivity index (χ0) is 26.2. The topological polar surface area (TPSA) is 87.7 Å². The second-order valence-electron chi connectivity index (χ2n) is 11.0. The number of piperidine rings is 1. The summed E-state index contributed by atoms with van der Waals surface area (Å²) in [4.78, 5) is 38.4. The van der Waals surface area contributed by atoms with Crippen LogP contribution in [0, 0.1) is 5.92 Å². The molecule has 2 saturated carbocycles. The first-order chi connectivity index (χ1) is 17.7. The maximum Gasteiger partial charge on any atom is 0.522 e. The van der Waals surface area contributed by atoms with Crippen molar-refractivity contribution in [3.63, 3.8) is 0 Å². The summed E-state index contributed by atoms with van der Waals surface area (Å²) in [5.74, 6) is -0.462. The van der Waals surface area contributed by atoms with Gasteiger partial charge in [0.2, 0.25) is 11.8 Å². The Kier molecular flexibility index (Phi) is 7.58. The smallest absolute Gasteiger partial charge is 0.322 e. The number of nitrogens with one attached hydrogen (secondary N) is 2. The Bertz CT molecular complexity index is 1040. The first-order valence-electron chi connectivity index (χ1n) is 13.4. The van der Waals surface area contributed by atoms with E-state index < -0.39 is 24.4 Å². The molecule has 1 aromatic carbocycles. The van der Waals surface area contributed by atoms with Crippen LogP contribution in [0.4, 0.5) is 13.2 Å². The number of hydrogen-bond acceptors (Lipinski definition) is 5. The SMILES string of the molecule is O=C1CCC(N2Cc3cc(C[C@H]4CCCC[C@@H]4NC4CCC(OC(F)(F)F)CC4)ccc3C2=O)C(=O)N1. The number of fused-ring (bicyclic) bond motifs is 1. The zero-order valence-electron chi connectivity index (χ0n) is 20.8. The fourth-order valence-corrected chi connectivity index (χ4v) is 6.57. The molecule has 1 aromatic rings. The summed E-state index contributed by atoms with van der Waals surface area (Å²) in [7, 11) is 0. The third-order valence-corrected chi connectivity index (χ3v) is 8.42. The van der Waals surface area contributed by atoms with E-state index in [4.69, 9.17) is 0 Å². The molecule has 1 unspecified atom stereocenters. The Hall–Kier alpha value is -2.46. The lowest BCUT2D eigenvalue weighted by atomic mass is 9.79. The van der Waals surface area contributed by atoms with Crippen molar-refractivity contribution in [3.8, 4) is 0 Å². The van der Waals surface area contributed by atoms with Crippen LogP contribution in [0.1, 0.15) is 85.7 Å². The van der Waals surface area contributed by atoms with Gasteiger partial charge in [-0.2, -0.15) is 0 Å². The summed E-state index contributed by atoms with van der Waals surface area (Å²) in [6.45, 7) is 0.365. The van der Waals surface area contributed by atoms with Crippen LogP contribution < -0.4 is 10.6 Å². The normalized spacial score (nSPS) is 30.8. The largest absolute Gasteiger partial charge is 0.522 e. The molecule has 2 N–H and O–H groups in total. The number of benzene rings is 1. The standard InChI is InChI=1S/C27H34F3N3O4/c28-27(29,30)37-20-8-6-19(7-9-20)31-22-4-2-1-3-17(22)13-16-5-10-21-18(14-16)15-33(26(21)36)23-11-12-24(34)32-25(23)35/h5,10,14,17,19-20,22-23,31H,1-4,6-9,11-13,15H2,(H,32,34,35)/t17-,19?,20?,22+,23?/m1/s1. The summed E-state index contributed by atoms with van der Waals surface area (Å²) in [6.07, 6.45) is 2.75.